The largest absolute Gasteiger partial charge is 0.499 e. The van der Waals surface area contributed by atoms with E-state index in [-0.39, 0.29) is 26.1 Å². The van der Waals surface area contributed by atoms with Crippen LogP contribution < -0.4 is 0 Å². The summed E-state index contributed by atoms with van der Waals surface area (Å²) in [6.07, 6.45) is 0.714. The molecule has 0 rings (SSSR count). The first-order valence-corrected chi connectivity index (χ1v) is 6.37. The minimum atomic E-state index is -1.55. The number of carbonyl (C=O) groups excluding carboxylic acids is 2. The van der Waals surface area contributed by atoms with Crippen LogP contribution in [0.3, 0.4) is 0 Å². The van der Waals surface area contributed by atoms with Crippen LogP contribution in [0.4, 0.5) is 0 Å². The van der Waals surface area contributed by atoms with E-state index in [9.17, 15) is 14.4 Å². The van der Waals surface area contributed by atoms with Gasteiger partial charge in [0.25, 0.3) is 0 Å². The van der Waals surface area contributed by atoms with Gasteiger partial charge in [0.2, 0.25) is 5.78 Å². The van der Waals surface area contributed by atoms with Crippen molar-refractivity contribution in [2.24, 2.45) is 0 Å². The minimum Gasteiger partial charge on any atom is -0.499 e. The molecule has 0 radical (unpaired) electrons. The molecule has 0 aromatic heterocycles. The second-order valence-electron chi connectivity index (χ2n) is 3.71. The Balaban J connectivity index is 3.30. The van der Waals surface area contributed by atoms with Gasteiger partial charge in [0.1, 0.15) is 13.2 Å². The van der Waals surface area contributed by atoms with Crippen molar-refractivity contribution in [3.05, 3.63) is 12.8 Å². The maximum absolute atomic E-state index is 11.1. The first-order valence-electron chi connectivity index (χ1n) is 6.37. The summed E-state index contributed by atoms with van der Waals surface area (Å²) in [5, 5.41) is 8.31. The number of hydrogen-bond acceptors (Lipinski definition) is 7. The molecule has 0 spiro atoms. The lowest BCUT2D eigenvalue weighted by Crippen LogP contribution is -2.17. The summed E-state index contributed by atoms with van der Waals surface area (Å²) in [7, 11) is 0. The van der Waals surface area contributed by atoms with Crippen LogP contribution in [-0.2, 0) is 33.3 Å². The van der Waals surface area contributed by atoms with E-state index in [1.54, 1.807) is 0 Å². The molecule has 0 fully saturated rings. The van der Waals surface area contributed by atoms with Crippen LogP contribution in [0.25, 0.3) is 0 Å². The second-order valence-corrected chi connectivity index (χ2v) is 3.71. The number of Topliss-reactive ketones (excluding diaryl/α,β-unsaturated/α-hetero) is 1. The van der Waals surface area contributed by atoms with Gasteiger partial charge in [-0.1, -0.05) is 6.58 Å². The summed E-state index contributed by atoms with van der Waals surface area (Å²) < 4.78 is 19.9. The highest BCUT2D eigenvalue weighted by Crippen LogP contribution is 1.95. The molecule has 0 amide bonds. The minimum absolute atomic E-state index is 0.0413. The number of aliphatic carboxylic acids is 1. The number of carboxylic acids is 1. The van der Waals surface area contributed by atoms with Crippen LogP contribution in [0.5, 0.6) is 0 Å². The van der Waals surface area contributed by atoms with Gasteiger partial charge in [0, 0.05) is 6.42 Å². The van der Waals surface area contributed by atoms with Gasteiger partial charge in [-0.2, -0.15) is 0 Å². The Morgan fingerprint density at radius 1 is 0.905 bits per heavy atom. The van der Waals surface area contributed by atoms with Crippen molar-refractivity contribution in [1.29, 1.82) is 0 Å². The first-order chi connectivity index (χ1) is 10.1. The molecule has 0 unspecified atom stereocenters. The van der Waals surface area contributed by atoms with Gasteiger partial charge in [-0.25, -0.2) is 4.79 Å². The van der Waals surface area contributed by atoms with Crippen molar-refractivity contribution in [2.45, 2.75) is 12.8 Å². The van der Waals surface area contributed by atoms with Gasteiger partial charge in [-0.15, -0.1) is 0 Å². The van der Waals surface area contributed by atoms with Crippen LogP contribution in [0.2, 0.25) is 0 Å². The number of hydrogen-bond donors (Lipinski definition) is 1. The number of rotatable bonds is 14. The molecular formula is C13H20O8. The normalized spacial score (nSPS) is 9.90. The molecule has 8 nitrogen and oxygen atoms in total. The fourth-order valence-electron chi connectivity index (χ4n) is 1.12. The summed E-state index contributed by atoms with van der Waals surface area (Å²) in [5.74, 6) is -3.20. The SMILES string of the molecule is C=COCCOCCOCCOC(=O)CCC(=O)C(=O)O. The summed E-state index contributed by atoms with van der Waals surface area (Å²) >= 11 is 0. The van der Waals surface area contributed by atoms with Crippen molar-refractivity contribution in [3.63, 3.8) is 0 Å². The standard InChI is InChI=1S/C13H20O8/c1-2-18-5-6-19-7-8-20-9-10-21-12(15)4-3-11(14)13(16)17/h2H,1,3-10H2,(H,16,17). The average Bonchev–Trinajstić information content (AvgIpc) is 2.46. The number of ketones is 1. The average molecular weight is 304 g/mol. The molecule has 0 heterocycles. The number of ether oxygens (including phenoxy) is 4. The zero-order chi connectivity index (χ0) is 15.9. The molecule has 0 aliphatic carbocycles. The fraction of sp³-hybridized carbons (Fsp3) is 0.615. The van der Waals surface area contributed by atoms with Gasteiger partial charge < -0.3 is 24.1 Å². The van der Waals surface area contributed by atoms with E-state index in [0.717, 1.165) is 0 Å². The molecule has 1 N–H and O–H groups in total. The van der Waals surface area contributed by atoms with Crippen molar-refractivity contribution in [3.8, 4) is 0 Å². The molecule has 0 bridgehead atoms. The van der Waals surface area contributed by atoms with Gasteiger partial charge in [-0.3, -0.25) is 9.59 Å². The highest BCUT2D eigenvalue weighted by Gasteiger charge is 2.13. The molecular weight excluding hydrogens is 284 g/mol. The third-order valence-electron chi connectivity index (χ3n) is 2.12. The molecule has 8 heteroatoms. The summed E-state index contributed by atoms with van der Waals surface area (Å²) in [6, 6.07) is 0. The molecule has 0 aromatic carbocycles. The van der Waals surface area contributed by atoms with Crippen LogP contribution in [0.15, 0.2) is 12.8 Å². The maximum Gasteiger partial charge on any atom is 0.372 e. The molecule has 0 atom stereocenters. The fourth-order valence-corrected chi connectivity index (χ4v) is 1.12. The summed E-state index contributed by atoms with van der Waals surface area (Å²) in [6.45, 7) is 5.22. The van der Waals surface area contributed by atoms with Gasteiger partial charge in [0.05, 0.1) is 39.1 Å². The Kier molecular flexibility index (Phi) is 11.9. The zero-order valence-corrected chi connectivity index (χ0v) is 11.7. The first kappa shape index (κ1) is 19.1. The van der Waals surface area contributed by atoms with Crippen molar-refractivity contribution in [2.75, 3.05) is 39.6 Å². The maximum atomic E-state index is 11.1. The lowest BCUT2D eigenvalue weighted by Gasteiger charge is -2.06. The van der Waals surface area contributed by atoms with Gasteiger partial charge >= 0.3 is 11.9 Å². The third kappa shape index (κ3) is 12.8. The van der Waals surface area contributed by atoms with Crippen molar-refractivity contribution < 1.29 is 38.4 Å². The van der Waals surface area contributed by atoms with E-state index in [1.807, 2.05) is 0 Å². The predicted molar refractivity (Wildman–Crippen MR) is 70.6 cm³/mol. The van der Waals surface area contributed by atoms with E-state index in [1.165, 1.54) is 6.26 Å². The molecule has 0 saturated carbocycles. The Morgan fingerprint density at radius 3 is 2.05 bits per heavy atom. The highest BCUT2D eigenvalue weighted by molar-refractivity contribution is 6.32. The number of carbonyl (C=O) groups is 3. The molecule has 0 saturated heterocycles. The lowest BCUT2D eigenvalue weighted by atomic mass is 10.2. The summed E-state index contributed by atoms with van der Waals surface area (Å²) in [4.78, 5) is 32.1. The topological polar surface area (TPSA) is 108 Å². The van der Waals surface area contributed by atoms with Crippen molar-refractivity contribution in [1.82, 2.24) is 0 Å². The Labute approximate surface area is 122 Å². The molecule has 0 aliphatic heterocycles. The zero-order valence-electron chi connectivity index (χ0n) is 11.7. The van der Waals surface area contributed by atoms with Crippen LogP contribution in [0.1, 0.15) is 12.8 Å². The second kappa shape index (κ2) is 13.1. The van der Waals surface area contributed by atoms with Crippen LogP contribution in [0, 0.1) is 0 Å². The highest BCUT2D eigenvalue weighted by atomic mass is 16.6. The molecule has 0 aliphatic rings. The number of esters is 1. The van der Waals surface area contributed by atoms with E-state index in [0.29, 0.717) is 26.4 Å². The third-order valence-corrected chi connectivity index (χ3v) is 2.12. The van der Waals surface area contributed by atoms with Gasteiger partial charge in [0.15, 0.2) is 0 Å². The van der Waals surface area contributed by atoms with Crippen LogP contribution >= 0.6 is 0 Å². The molecule has 21 heavy (non-hydrogen) atoms. The number of carboxylic acid groups (broad SMARTS) is 1. The van der Waals surface area contributed by atoms with Crippen LogP contribution in [-0.4, -0.2) is 62.5 Å². The molecule has 120 valence electrons. The Hall–Kier alpha value is -1.93. The smallest absolute Gasteiger partial charge is 0.372 e. The summed E-state index contributed by atoms with van der Waals surface area (Å²) in [5.41, 5.74) is 0. The Bertz CT molecular complexity index is 339. The van der Waals surface area contributed by atoms with E-state index >= 15 is 0 Å². The molecule has 0 aromatic rings. The predicted octanol–water partition coefficient (Wildman–Crippen LogP) is 0.157. The monoisotopic (exact) mass is 304 g/mol. The van der Waals surface area contributed by atoms with E-state index in [4.69, 9.17) is 24.1 Å². The van der Waals surface area contributed by atoms with E-state index < -0.39 is 17.7 Å². The Morgan fingerprint density at radius 2 is 1.48 bits per heavy atom. The lowest BCUT2D eigenvalue weighted by molar-refractivity contribution is -0.151. The van der Waals surface area contributed by atoms with Crippen molar-refractivity contribution >= 4 is 17.7 Å². The van der Waals surface area contributed by atoms with E-state index in [2.05, 4.69) is 6.58 Å². The van der Waals surface area contributed by atoms with Gasteiger partial charge in [-0.05, 0) is 0 Å². The quantitative estimate of drug-likeness (QED) is 0.209.